The van der Waals surface area contributed by atoms with Crippen molar-refractivity contribution < 1.29 is 61.9 Å². The van der Waals surface area contributed by atoms with E-state index in [1.165, 1.54) is 23.8 Å². The summed E-state index contributed by atoms with van der Waals surface area (Å²) >= 11 is 0. The van der Waals surface area contributed by atoms with Gasteiger partial charge < -0.3 is 42.7 Å². The zero-order chi connectivity index (χ0) is 34.8. The Morgan fingerprint density at radius 2 is 1.49 bits per heavy atom. The summed E-state index contributed by atoms with van der Waals surface area (Å²) in [6.07, 6.45) is -1.39. The number of aromatic hydroxyl groups is 1. The summed E-state index contributed by atoms with van der Waals surface area (Å²) in [6.45, 7) is 10.0. The third kappa shape index (κ3) is 10.6. The van der Waals surface area contributed by atoms with Crippen molar-refractivity contribution in [1.29, 1.82) is 0 Å². The van der Waals surface area contributed by atoms with E-state index in [2.05, 4.69) is 6.08 Å². The van der Waals surface area contributed by atoms with E-state index in [-0.39, 0.29) is 29.1 Å². The normalized spacial score (nSPS) is 20.9. The molecular weight excluding hydrogens is 620 g/mol. The fraction of sp³-hybridized carbons (Fsp3) is 0.485. The van der Waals surface area contributed by atoms with Crippen molar-refractivity contribution in [2.75, 3.05) is 13.2 Å². The Bertz CT molecular complexity index is 1580. The van der Waals surface area contributed by atoms with Crippen LogP contribution in [0.4, 0.5) is 0 Å². The molecule has 0 unspecified atom stereocenters. The predicted octanol–water partition coefficient (Wildman–Crippen LogP) is 4.03. The van der Waals surface area contributed by atoms with E-state index in [0.717, 1.165) is 46.1 Å². The van der Waals surface area contributed by atoms with Gasteiger partial charge in [0.1, 0.15) is 30.7 Å². The molecule has 1 aliphatic heterocycles. The van der Waals surface area contributed by atoms with Gasteiger partial charge in [-0.25, -0.2) is 4.79 Å². The number of fused-ring (bicyclic) bond motifs is 1. The fourth-order valence-corrected chi connectivity index (χ4v) is 4.72. The molecule has 256 valence electrons. The van der Waals surface area contributed by atoms with Crippen LogP contribution in [0, 0.1) is 0 Å². The first-order valence-corrected chi connectivity index (χ1v) is 14.8. The first kappa shape index (κ1) is 36.6. The number of rotatable bonds is 13. The molecule has 1 aromatic heterocycles. The smallest absolute Gasteiger partial charge is 0.383 e. The Balaban J connectivity index is 1.91. The molecule has 1 aliphatic rings. The van der Waals surface area contributed by atoms with Crippen LogP contribution in [0.15, 0.2) is 50.7 Å². The lowest BCUT2D eigenvalue weighted by atomic mass is 9.98. The molecule has 0 bridgehead atoms. The number of esters is 4. The Hall–Kier alpha value is -4.85. The monoisotopic (exact) mass is 660 g/mol. The highest BCUT2D eigenvalue weighted by Gasteiger charge is 2.53. The molecule has 5 atom stereocenters. The van der Waals surface area contributed by atoms with Crippen molar-refractivity contribution in [3.8, 4) is 17.2 Å². The second kappa shape index (κ2) is 16.6. The van der Waals surface area contributed by atoms with Crippen LogP contribution >= 0.6 is 0 Å². The van der Waals surface area contributed by atoms with Gasteiger partial charge in [0.2, 0.25) is 18.1 Å². The first-order valence-electron chi connectivity index (χ1n) is 14.8. The van der Waals surface area contributed by atoms with Crippen molar-refractivity contribution >= 4 is 34.8 Å². The highest BCUT2D eigenvalue weighted by molar-refractivity contribution is 5.86. The van der Waals surface area contributed by atoms with Gasteiger partial charge in [-0.2, -0.15) is 0 Å². The summed E-state index contributed by atoms with van der Waals surface area (Å²) in [5.41, 5.74) is 1.27. The van der Waals surface area contributed by atoms with Crippen molar-refractivity contribution in [1.82, 2.24) is 0 Å². The minimum absolute atomic E-state index is 0.0181. The van der Waals surface area contributed by atoms with Gasteiger partial charge in [0.05, 0.1) is 5.39 Å². The van der Waals surface area contributed by atoms with Crippen LogP contribution in [0.25, 0.3) is 11.0 Å². The van der Waals surface area contributed by atoms with E-state index in [9.17, 15) is 29.1 Å². The third-order valence-electron chi connectivity index (χ3n) is 6.76. The summed E-state index contributed by atoms with van der Waals surface area (Å²) in [5, 5.41) is 11.0. The zero-order valence-electron chi connectivity index (χ0n) is 27.4. The Morgan fingerprint density at radius 3 is 2.11 bits per heavy atom. The number of hydrogen-bond acceptors (Lipinski definition) is 14. The molecule has 0 aliphatic carbocycles. The highest BCUT2D eigenvalue weighted by atomic mass is 16.7. The molecule has 0 radical (unpaired) electrons. The first-order chi connectivity index (χ1) is 22.2. The maximum Gasteiger partial charge on any atom is 0.383 e. The average Bonchev–Trinajstić information content (AvgIpc) is 2.95. The maximum absolute atomic E-state index is 12.8. The average molecular weight is 661 g/mol. The van der Waals surface area contributed by atoms with Crippen molar-refractivity contribution in [3.05, 3.63) is 51.9 Å². The van der Waals surface area contributed by atoms with Gasteiger partial charge in [0, 0.05) is 33.8 Å². The second-order valence-electron chi connectivity index (χ2n) is 11.1. The van der Waals surface area contributed by atoms with Gasteiger partial charge in [-0.05, 0) is 51.8 Å². The van der Waals surface area contributed by atoms with Gasteiger partial charge >= 0.3 is 29.5 Å². The van der Waals surface area contributed by atoms with Gasteiger partial charge in [0.25, 0.3) is 0 Å². The topological polar surface area (TPSA) is 183 Å². The Kier molecular flexibility index (Phi) is 13.0. The van der Waals surface area contributed by atoms with E-state index in [0.29, 0.717) is 0 Å². The van der Waals surface area contributed by atoms with Crippen LogP contribution < -0.4 is 15.1 Å². The second-order valence-corrected chi connectivity index (χ2v) is 11.1. The SMILES string of the molecule is CC(=O)OC[C@H]1O[C@@H](Oc2ccc3c(O)c(OCC=C(C)CCC=C(C)C)c(=O)oc3c2)[C@H](OC(C)=O)[C@@H](OC(C)=O)[C@@H]1OC(C)=O. The molecule has 3 rings (SSSR count). The van der Waals surface area contributed by atoms with Gasteiger partial charge in [-0.15, -0.1) is 0 Å². The van der Waals surface area contributed by atoms with Crippen LogP contribution in [0.3, 0.4) is 0 Å². The lowest BCUT2D eigenvalue weighted by molar-refractivity contribution is -0.288. The molecule has 0 saturated carbocycles. The molecule has 1 aromatic carbocycles. The molecule has 1 fully saturated rings. The number of benzene rings is 1. The summed E-state index contributed by atoms with van der Waals surface area (Å²) in [5.74, 6) is -3.83. The fourth-order valence-electron chi connectivity index (χ4n) is 4.72. The van der Waals surface area contributed by atoms with Crippen molar-refractivity contribution in [3.63, 3.8) is 0 Å². The molecule has 2 aromatic rings. The molecule has 1 N–H and O–H groups in total. The third-order valence-corrected chi connectivity index (χ3v) is 6.76. The Morgan fingerprint density at radius 1 is 0.851 bits per heavy atom. The molecule has 0 spiro atoms. The van der Waals surface area contributed by atoms with Crippen molar-refractivity contribution in [2.45, 2.75) is 92.0 Å². The summed E-state index contributed by atoms with van der Waals surface area (Å²) in [7, 11) is 0. The number of allylic oxidation sites excluding steroid dienone is 3. The molecule has 0 amide bonds. The largest absolute Gasteiger partial charge is 0.504 e. The standard InChI is InChI=1S/C33H40O14/c1-17(2)9-8-10-18(3)13-14-40-29-27(38)24-12-11-23(15-25(24)46-32(29)39)45-33-31(44-22(7)37)30(43-21(6)36)28(42-20(5)35)26(47-33)16-41-19(4)34/h9,11-13,15,26,28,30-31,33,38H,8,10,14,16H2,1-7H3/t26-,28-,30+,31-,33-/m1/s1. The minimum atomic E-state index is -1.51. The number of carbonyl (C=O) groups excluding carboxylic acids is 4. The lowest BCUT2D eigenvalue weighted by Crippen LogP contribution is -2.63. The maximum atomic E-state index is 12.8. The van der Waals surface area contributed by atoms with Gasteiger partial charge in [0.15, 0.2) is 18.0 Å². The summed E-state index contributed by atoms with van der Waals surface area (Å²) < 4.78 is 44.1. The predicted molar refractivity (Wildman–Crippen MR) is 165 cm³/mol. The van der Waals surface area contributed by atoms with E-state index in [4.69, 9.17) is 37.6 Å². The molecule has 14 nitrogen and oxygen atoms in total. The van der Waals surface area contributed by atoms with Crippen LogP contribution in [0.2, 0.25) is 0 Å². The van der Waals surface area contributed by atoms with E-state index in [1.807, 2.05) is 26.8 Å². The Labute approximate surface area is 271 Å². The van der Waals surface area contributed by atoms with Crippen molar-refractivity contribution in [2.24, 2.45) is 0 Å². The zero-order valence-corrected chi connectivity index (χ0v) is 27.4. The minimum Gasteiger partial charge on any atom is -0.504 e. The van der Waals surface area contributed by atoms with Gasteiger partial charge in [-0.1, -0.05) is 17.2 Å². The van der Waals surface area contributed by atoms with E-state index < -0.39 is 72.6 Å². The quantitative estimate of drug-likeness (QED) is 0.141. The van der Waals surface area contributed by atoms with E-state index >= 15 is 0 Å². The van der Waals surface area contributed by atoms with Crippen LogP contribution in [0.1, 0.15) is 61.3 Å². The molecule has 2 heterocycles. The molecule has 1 saturated heterocycles. The van der Waals surface area contributed by atoms with Crippen LogP contribution in [0.5, 0.6) is 17.2 Å². The van der Waals surface area contributed by atoms with Crippen LogP contribution in [-0.4, -0.2) is 72.9 Å². The molecular formula is C33H40O14. The van der Waals surface area contributed by atoms with Crippen LogP contribution in [-0.2, 0) is 42.9 Å². The summed E-state index contributed by atoms with van der Waals surface area (Å²) in [4.78, 5) is 60.4. The number of ether oxygens (including phenoxy) is 7. The lowest BCUT2D eigenvalue weighted by Gasteiger charge is -2.43. The molecule has 47 heavy (non-hydrogen) atoms. The molecule has 14 heteroatoms. The van der Waals surface area contributed by atoms with E-state index in [1.54, 1.807) is 0 Å². The highest BCUT2D eigenvalue weighted by Crippen LogP contribution is 2.35. The number of hydrogen-bond donors (Lipinski definition) is 1. The number of carbonyl (C=O) groups is 4. The summed E-state index contributed by atoms with van der Waals surface area (Å²) in [6, 6.07) is 4.09. The van der Waals surface area contributed by atoms with Gasteiger partial charge in [-0.3, -0.25) is 19.2 Å².